The molecule has 4 bridgehead atoms. The fourth-order valence-electron chi connectivity index (χ4n) is 6.64. The largest absolute Gasteiger partial charge is 0.316 e. The van der Waals surface area contributed by atoms with Gasteiger partial charge in [0.1, 0.15) is 0 Å². The third-order valence-electron chi connectivity index (χ3n) is 7.04. The quantitative estimate of drug-likeness (QED) is 0.731. The summed E-state index contributed by atoms with van der Waals surface area (Å²) in [4.78, 5) is 0. The van der Waals surface area contributed by atoms with Crippen LogP contribution in [0.4, 0.5) is 0 Å². The van der Waals surface area contributed by atoms with Crippen LogP contribution in [0.1, 0.15) is 51.9 Å². The first-order valence-corrected chi connectivity index (χ1v) is 8.03. The Balaban J connectivity index is 1.71. The summed E-state index contributed by atoms with van der Waals surface area (Å²) in [5, 5.41) is 3.67. The summed E-state index contributed by atoms with van der Waals surface area (Å²) in [5.74, 6) is 5.49. The van der Waals surface area contributed by atoms with Crippen LogP contribution in [0.2, 0.25) is 0 Å². The van der Waals surface area contributed by atoms with Crippen molar-refractivity contribution in [3.05, 3.63) is 0 Å². The average molecular weight is 233 g/mol. The van der Waals surface area contributed by atoms with Crippen LogP contribution >= 0.6 is 0 Å². The minimum Gasteiger partial charge on any atom is -0.316 e. The first-order chi connectivity index (χ1) is 8.33. The van der Waals surface area contributed by atoms with Crippen LogP contribution in [0.15, 0.2) is 0 Å². The van der Waals surface area contributed by atoms with E-state index in [1.54, 1.807) is 32.1 Å². The monoisotopic (exact) mass is 233 g/mol. The van der Waals surface area contributed by atoms with E-state index < -0.39 is 0 Å². The maximum Gasteiger partial charge on any atom is -0.00151 e. The molecule has 1 heterocycles. The van der Waals surface area contributed by atoms with Crippen molar-refractivity contribution < 1.29 is 0 Å². The van der Waals surface area contributed by atoms with Crippen LogP contribution in [0.25, 0.3) is 0 Å². The zero-order valence-corrected chi connectivity index (χ0v) is 11.3. The molecular formula is C16H27N. The summed E-state index contributed by atoms with van der Waals surface area (Å²) in [6.07, 6.45) is 10.9. The molecule has 96 valence electrons. The van der Waals surface area contributed by atoms with Crippen LogP contribution in [-0.2, 0) is 0 Å². The summed E-state index contributed by atoms with van der Waals surface area (Å²) in [7, 11) is 0. The maximum atomic E-state index is 3.67. The highest BCUT2D eigenvalue weighted by Gasteiger charge is 2.59. The minimum atomic E-state index is 0.785. The molecule has 0 aromatic carbocycles. The maximum absolute atomic E-state index is 3.67. The summed E-state index contributed by atoms with van der Waals surface area (Å²) >= 11 is 0. The molecule has 1 nitrogen and oxygen atoms in total. The van der Waals surface area contributed by atoms with Gasteiger partial charge >= 0.3 is 0 Å². The Morgan fingerprint density at radius 3 is 2.24 bits per heavy atom. The van der Waals surface area contributed by atoms with Crippen LogP contribution < -0.4 is 5.32 Å². The van der Waals surface area contributed by atoms with E-state index in [-0.39, 0.29) is 0 Å². The molecule has 0 radical (unpaired) electrons. The summed E-state index contributed by atoms with van der Waals surface area (Å²) in [6.45, 7) is 5.06. The van der Waals surface area contributed by atoms with E-state index in [0.29, 0.717) is 0 Å². The number of hydrogen-bond acceptors (Lipinski definition) is 1. The van der Waals surface area contributed by atoms with Crippen molar-refractivity contribution in [2.45, 2.75) is 51.9 Å². The van der Waals surface area contributed by atoms with Gasteiger partial charge in [0.15, 0.2) is 0 Å². The molecule has 17 heavy (non-hydrogen) atoms. The molecule has 1 heteroatoms. The smallest absolute Gasteiger partial charge is 0.00151 e. The fraction of sp³-hybridized carbons (Fsp3) is 1.00. The molecule has 0 aromatic rings. The highest BCUT2D eigenvalue weighted by molar-refractivity contribution is 5.09. The second-order valence-corrected chi connectivity index (χ2v) is 7.48. The first-order valence-electron chi connectivity index (χ1n) is 8.03. The van der Waals surface area contributed by atoms with E-state index >= 15 is 0 Å². The van der Waals surface area contributed by atoms with Gasteiger partial charge in [0.05, 0.1) is 0 Å². The average Bonchev–Trinajstić information content (AvgIpc) is 2.35. The van der Waals surface area contributed by atoms with Crippen LogP contribution in [0.3, 0.4) is 0 Å². The van der Waals surface area contributed by atoms with Crippen molar-refractivity contribution in [1.29, 1.82) is 0 Å². The molecule has 1 atom stereocenters. The third-order valence-corrected chi connectivity index (χ3v) is 7.04. The van der Waals surface area contributed by atoms with Gasteiger partial charge in [0, 0.05) is 0 Å². The van der Waals surface area contributed by atoms with Crippen molar-refractivity contribution in [1.82, 2.24) is 5.32 Å². The zero-order chi connectivity index (χ0) is 11.5. The van der Waals surface area contributed by atoms with Gasteiger partial charge in [-0.15, -0.1) is 0 Å². The molecule has 5 aliphatic rings. The second kappa shape index (κ2) is 3.73. The van der Waals surface area contributed by atoms with Crippen LogP contribution in [0.5, 0.6) is 0 Å². The van der Waals surface area contributed by atoms with Crippen LogP contribution in [0, 0.1) is 35.0 Å². The topological polar surface area (TPSA) is 12.0 Å². The lowest BCUT2D eigenvalue weighted by Gasteiger charge is -2.65. The third kappa shape index (κ3) is 1.35. The standard InChI is InChI=1S/C16H27N/c1-2-13-10-17-4-3-16(13)14-6-11-5-12(8-14)9-15(16)7-11/h11-15,17H,2-10H2,1H3. The summed E-state index contributed by atoms with van der Waals surface area (Å²) in [6, 6.07) is 0. The minimum absolute atomic E-state index is 0.785. The van der Waals surface area contributed by atoms with Gasteiger partial charge < -0.3 is 5.32 Å². The first kappa shape index (κ1) is 10.8. The predicted molar refractivity (Wildman–Crippen MR) is 70.7 cm³/mol. The van der Waals surface area contributed by atoms with Gasteiger partial charge in [0.25, 0.3) is 0 Å². The molecule has 1 N–H and O–H groups in total. The molecule has 0 aromatic heterocycles. The van der Waals surface area contributed by atoms with Gasteiger partial charge in [-0.25, -0.2) is 0 Å². The van der Waals surface area contributed by atoms with E-state index in [2.05, 4.69) is 12.2 Å². The van der Waals surface area contributed by atoms with Crippen molar-refractivity contribution in [3.63, 3.8) is 0 Å². The number of rotatable bonds is 1. The Morgan fingerprint density at radius 2 is 1.65 bits per heavy atom. The lowest BCUT2D eigenvalue weighted by molar-refractivity contribution is -0.153. The molecule has 4 saturated carbocycles. The van der Waals surface area contributed by atoms with Gasteiger partial charge in [-0.05, 0) is 86.6 Å². The van der Waals surface area contributed by atoms with Gasteiger partial charge in [-0.3, -0.25) is 0 Å². The van der Waals surface area contributed by atoms with Gasteiger partial charge in [0.2, 0.25) is 0 Å². The van der Waals surface area contributed by atoms with E-state index in [1.807, 2.05) is 0 Å². The number of piperidine rings is 1. The highest BCUT2D eigenvalue weighted by atomic mass is 14.9. The lowest BCUT2D eigenvalue weighted by Crippen LogP contribution is -2.60. The second-order valence-electron chi connectivity index (χ2n) is 7.48. The van der Waals surface area contributed by atoms with Gasteiger partial charge in [-0.1, -0.05) is 13.3 Å². The van der Waals surface area contributed by atoms with Crippen molar-refractivity contribution >= 4 is 0 Å². The SMILES string of the molecule is CCC1CNCCC12C1CC3CC(C1)CC2C3. The molecule has 1 spiro atoms. The highest BCUT2D eigenvalue weighted by Crippen LogP contribution is 2.66. The van der Waals surface area contributed by atoms with Crippen molar-refractivity contribution in [3.8, 4) is 0 Å². The summed E-state index contributed by atoms with van der Waals surface area (Å²) in [5.41, 5.74) is 0.785. The van der Waals surface area contributed by atoms with Crippen LogP contribution in [-0.4, -0.2) is 13.1 Å². The van der Waals surface area contributed by atoms with E-state index in [1.165, 1.54) is 25.9 Å². The molecule has 1 saturated heterocycles. The normalized spacial score (nSPS) is 56.6. The Kier molecular flexibility index (Phi) is 2.38. The predicted octanol–water partition coefficient (Wildman–Crippen LogP) is 3.45. The van der Waals surface area contributed by atoms with E-state index in [9.17, 15) is 0 Å². The molecule has 4 aliphatic carbocycles. The fourth-order valence-corrected chi connectivity index (χ4v) is 6.64. The lowest BCUT2D eigenvalue weighted by atomic mass is 9.41. The van der Waals surface area contributed by atoms with Crippen molar-refractivity contribution in [2.75, 3.05) is 13.1 Å². The van der Waals surface area contributed by atoms with E-state index in [0.717, 1.165) is 35.0 Å². The zero-order valence-electron chi connectivity index (χ0n) is 11.3. The Labute approximate surface area is 106 Å². The van der Waals surface area contributed by atoms with Gasteiger partial charge in [-0.2, -0.15) is 0 Å². The number of hydrogen-bond donors (Lipinski definition) is 1. The molecule has 0 amide bonds. The molecule has 1 aliphatic heterocycles. The van der Waals surface area contributed by atoms with Crippen molar-refractivity contribution in [2.24, 2.45) is 35.0 Å². The molecular weight excluding hydrogens is 206 g/mol. The molecule has 5 rings (SSSR count). The number of nitrogens with one attached hydrogen (secondary N) is 1. The molecule has 5 fully saturated rings. The van der Waals surface area contributed by atoms with E-state index in [4.69, 9.17) is 0 Å². The Bertz CT molecular complexity index is 281. The summed E-state index contributed by atoms with van der Waals surface area (Å²) < 4.78 is 0. The molecule has 1 unspecified atom stereocenters. The Morgan fingerprint density at radius 1 is 1.00 bits per heavy atom. The Hall–Kier alpha value is -0.0400.